The summed E-state index contributed by atoms with van der Waals surface area (Å²) in [7, 11) is 1.15. The molecule has 0 aliphatic carbocycles. The highest BCUT2D eigenvalue weighted by Gasteiger charge is 2.49. The van der Waals surface area contributed by atoms with Gasteiger partial charge in [0.2, 0.25) is 0 Å². The molecule has 1 rings (SSSR count). The maximum absolute atomic E-state index is 12.1. The van der Waals surface area contributed by atoms with Crippen molar-refractivity contribution in [2.45, 2.75) is 44.9 Å². The van der Waals surface area contributed by atoms with Crippen LogP contribution in [0.15, 0.2) is 0 Å². The summed E-state index contributed by atoms with van der Waals surface area (Å²) in [5.74, 6) is -1.48. The van der Waals surface area contributed by atoms with E-state index in [1.54, 1.807) is 20.8 Å². The number of nitrogens with zero attached hydrogens (tertiary/aromatic N) is 1. The zero-order valence-corrected chi connectivity index (χ0v) is 12.6. The first-order valence-corrected chi connectivity index (χ1v) is 6.52. The number of carbonyl (C=O) groups is 3. The number of carbonyl (C=O) groups excluding carboxylic acids is 3. The second-order valence-corrected chi connectivity index (χ2v) is 5.51. The van der Waals surface area contributed by atoms with E-state index in [4.69, 9.17) is 9.47 Å². The van der Waals surface area contributed by atoms with Gasteiger partial charge in [-0.25, -0.2) is 18.9 Å². The third-order valence-corrected chi connectivity index (χ3v) is 2.72. The summed E-state index contributed by atoms with van der Waals surface area (Å²) >= 11 is 0. The van der Waals surface area contributed by atoms with Crippen molar-refractivity contribution in [3.63, 3.8) is 0 Å². The van der Waals surface area contributed by atoms with Gasteiger partial charge < -0.3 is 14.2 Å². The normalized spacial score (nSPS) is 22.3. The number of alkyl halides is 1. The second-order valence-electron chi connectivity index (χ2n) is 5.51. The van der Waals surface area contributed by atoms with Crippen molar-refractivity contribution < 1.29 is 33.0 Å². The molecule has 2 atom stereocenters. The van der Waals surface area contributed by atoms with Crippen LogP contribution in [0, 0.1) is 0 Å². The first-order valence-electron chi connectivity index (χ1n) is 6.52. The Hall–Kier alpha value is -1.70. The molecule has 1 aliphatic heterocycles. The van der Waals surface area contributed by atoms with E-state index in [2.05, 4.69) is 4.74 Å². The molecule has 1 saturated heterocycles. The number of likely N-dealkylation sites (tertiary alicyclic amines) is 1. The van der Waals surface area contributed by atoms with E-state index < -0.39 is 42.4 Å². The number of esters is 1. The second kappa shape index (κ2) is 6.84. The fraction of sp³-hybridized carbons (Fsp3) is 0.769. The van der Waals surface area contributed by atoms with Gasteiger partial charge in [-0.15, -0.1) is 0 Å². The molecular weight excluding hydrogens is 284 g/mol. The topological polar surface area (TPSA) is 82.1 Å². The minimum absolute atomic E-state index is 0.0786. The number of imide groups is 1. The summed E-state index contributed by atoms with van der Waals surface area (Å²) < 4.78 is 26.8. The average Bonchev–Trinajstić information content (AvgIpc) is 2.70. The molecule has 1 fully saturated rings. The third kappa shape index (κ3) is 4.38. The van der Waals surface area contributed by atoms with E-state index >= 15 is 0 Å². The van der Waals surface area contributed by atoms with Crippen LogP contribution in [-0.4, -0.2) is 61.0 Å². The molecule has 7 nitrogen and oxygen atoms in total. The molecule has 1 aliphatic rings. The quantitative estimate of drug-likeness (QED) is 0.722. The smallest absolute Gasteiger partial charge is 0.417 e. The van der Waals surface area contributed by atoms with Gasteiger partial charge in [-0.2, -0.15) is 0 Å². The maximum Gasteiger partial charge on any atom is 0.417 e. The van der Waals surface area contributed by atoms with E-state index in [-0.39, 0.29) is 13.0 Å². The molecule has 0 aromatic carbocycles. The molecule has 2 amide bonds. The third-order valence-electron chi connectivity index (χ3n) is 2.72. The van der Waals surface area contributed by atoms with E-state index in [1.165, 1.54) is 0 Å². The molecule has 8 heteroatoms. The Morgan fingerprint density at radius 3 is 2.48 bits per heavy atom. The Balaban J connectivity index is 2.92. The van der Waals surface area contributed by atoms with Crippen LogP contribution in [0.2, 0.25) is 0 Å². The maximum atomic E-state index is 12.1. The minimum Gasteiger partial charge on any atom is -0.467 e. The monoisotopic (exact) mass is 304 g/mol. The number of methoxy groups -OCH3 is 1. The highest BCUT2D eigenvalue weighted by molar-refractivity contribution is 6.01. The zero-order valence-electron chi connectivity index (χ0n) is 12.6. The number of hydrogen-bond donors (Lipinski definition) is 0. The van der Waals surface area contributed by atoms with Crippen LogP contribution in [0.4, 0.5) is 9.18 Å². The van der Waals surface area contributed by atoms with E-state index in [9.17, 15) is 18.8 Å². The van der Waals surface area contributed by atoms with Crippen LogP contribution in [0.25, 0.3) is 0 Å². The first-order chi connectivity index (χ1) is 9.71. The summed E-state index contributed by atoms with van der Waals surface area (Å²) in [5, 5.41) is 0. The van der Waals surface area contributed by atoms with E-state index in [1.807, 2.05) is 0 Å². The van der Waals surface area contributed by atoms with Crippen LogP contribution >= 0.6 is 0 Å². The minimum atomic E-state index is -1.12. The van der Waals surface area contributed by atoms with Crippen molar-refractivity contribution in [1.29, 1.82) is 0 Å². The van der Waals surface area contributed by atoms with Crippen LogP contribution in [0.1, 0.15) is 27.2 Å². The van der Waals surface area contributed by atoms with Crippen molar-refractivity contribution in [2.75, 3.05) is 20.4 Å². The molecule has 1 heterocycles. The van der Waals surface area contributed by atoms with Gasteiger partial charge in [0.15, 0.2) is 0 Å². The highest BCUT2D eigenvalue weighted by atomic mass is 18.2. The number of ether oxygens (including phenoxy) is 3. The molecule has 0 unspecified atom stereocenters. The van der Waals surface area contributed by atoms with Gasteiger partial charge in [-0.1, -0.05) is 0 Å². The summed E-state index contributed by atoms with van der Waals surface area (Å²) in [6, 6.07) is -1.12. The van der Waals surface area contributed by atoms with E-state index in [0.717, 1.165) is 7.11 Å². The van der Waals surface area contributed by atoms with Crippen LogP contribution in [-0.2, 0) is 23.8 Å². The van der Waals surface area contributed by atoms with Crippen molar-refractivity contribution in [3.8, 4) is 0 Å². The molecule has 21 heavy (non-hydrogen) atoms. The molecule has 0 aromatic rings. The van der Waals surface area contributed by atoms with E-state index in [0.29, 0.717) is 4.90 Å². The van der Waals surface area contributed by atoms with Crippen LogP contribution in [0.5, 0.6) is 0 Å². The van der Waals surface area contributed by atoms with Gasteiger partial charge in [0.05, 0.1) is 13.7 Å². The lowest BCUT2D eigenvalue weighted by Crippen LogP contribution is -2.46. The summed E-state index contributed by atoms with van der Waals surface area (Å²) in [6.07, 6.45) is -2.09. The summed E-state index contributed by atoms with van der Waals surface area (Å²) in [4.78, 5) is 36.6. The first kappa shape index (κ1) is 17.4. The predicted octanol–water partition coefficient (Wildman–Crippen LogP) is 1.05. The highest BCUT2D eigenvalue weighted by Crippen LogP contribution is 2.25. The fourth-order valence-electron chi connectivity index (χ4n) is 1.91. The largest absolute Gasteiger partial charge is 0.467 e. The van der Waals surface area contributed by atoms with Crippen molar-refractivity contribution >= 4 is 18.0 Å². The van der Waals surface area contributed by atoms with Gasteiger partial charge in [-0.3, -0.25) is 4.79 Å². The molecule has 120 valence electrons. The van der Waals surface area contributed by atoms with Crippen molar-refractivity contribution in [3.05, 3.63) is 0 Å². The van der Waals surface area contributed by atoms with Crippen LogP contribution in [0.3, 0.4) is 0 Å². The Labute approximate surface area is 122 Å². The molecule has 0 radical (unpaired) electrons. The van der Waals surface area contributed by atoms with Gasteiger partial charge in [0.1, 0.15) is 24.4 Å². The Morgan fingerprint density at radius 1 is 1.38 bits per heavy atom. The predicted molar refractivity (Wildman–Crippen MR) is 69.2 cm³/mol. The number of rotatable bonds is 4. The summed E-state index contributed by atoms with van der Waals surface area (Å²) in [6.45, 7) is 3.85. The average molecular weight is 304 g/mol. The Morgan fingerprint density at radius 2 is 2.00 bits per heavy atom. The fourth-order valence-corrected chi connectivity index (χ4v) is 1.91. The number of hydrogen-bond acceptors (Lipinski definition) is 6. The molecule has 0 saturated carbocycles. The van der Waals surface area contributed by atoms with Crippen molar-refractivity contribution in [1.82, 2.24) is 4.90 Å². The van der Waals surface area contributed by atoms with Gasteiger partial charge in [-0.05, 0) is 20.8 Å². The van der Waals surface area contributed by atoms with Gasteiger partial charge in [0.25, 0.3) is 5.91 Å². The van der Waals surface area contributed by atoms with Gasteiger partial charge in [0, 0.05) is 6.42 Å². The van der Waals surface area contributed by atoms with Crippen LogP contribution < -0.4 is 0 Å². The lowest BCUT2D eigenvalue weighted by Gasteiger charge is -2.26. The molecule has 0 spiro atoms. The van der Waals surface area contributed by atoms with Crippen molar-refractivity contribution in [2.24, 2.45) is 0 Å². The molecular formula is C13H20FNO6. The number of amides is 2. The molecule has 0 bridgehead atoms. The lowest BCUT2D eigenvalue weighted by atomic mass is 10.2. The SMILES string of the molecule is COC(=O)[C@@H]1C[C@H](OCC[18F])C(=O)N1C(=O)OC(C)(C)C. The summed E-state index contributed by atoms with van der Waals surface area (Å²) in [5.41, 5.74) is -0.823. The zero-order chi connectivity index (χ0) is 16.2. The van der Waals surface area contributed by atoms with Gasteiger partial charge >= 0.3 is 12.1 Å². The molecule has 0 aromatic heterocycles. The Bertz CT molecular complexity index is 419. The number of halogens is 1. The lowest BCUT2D eigenvalue weighted by molar-refractivity contribution is -0.149. The standard InChI is InChI=1S/C13H20FNO6/c1-13(2,3)21-12(18)15-8(11(17)19-4)7-9(10(15)16)20-6-5-14/h8-9H,5-7H2,1-4H3/t8-,9-/m0/s1/i14-1. The Kier molecular flexibility index (Phi) is 5.65. The molecule has 0 N–H and O–H groups in total.